The van der Waals surface area contributed by atoms with E-state index in [4.69, 9.17) is 4.74 Å². The van der Waals surface area contributed by atoms with Gasteiger partial charge < -0.3 is 15.2 Å². The molecule has 0 aliphatic carbocycles. The summed E-state index contributed by atoms with van der Waals surface area (Å²) in [6, 6.07) is 2.42. The Morgan fingerprint density at radius 1 is 1.32 bits per heavy atom. The van der Waals surface area contributed by atoms with Crippen LogP contribution in [0.5, 0.6) is 0 Å². The van der Waals surface area contributed by atoms with Gasteiger partial charge in [-0.25, -0.2) is 13.6 Å². The van der Waals surface area contributed by atoms with Gasteiger partial charge in [-0.1, -0.05) is 22.6 Å². The van der Waals surface area contributed by atoms with E-state index in [1.54, 1.807) is 20.8 Å². The highest BCUT2D eigenvalue weighted by Crippen LogP contribution is 2.14. The van der Waals surface area contributed by atoms with Gasteiger partial charge in [0, 0.05) is 10.5 Å². The highest BCUT2D eigenvalue weighted by Gasteiger charge is 2.24. The predicted octanol–water partition coefficient (Wildman–Crippen LogP) is 3.20. The third-order valence-corrected chi connectivity index (χ3v) is 3.61. The highest BCUT2D eigenvalue weighted by molar-refractivity contribution is 14.1. The second-order valence-electron chi connectivity index (χ2n) is 5.96. The fourth-order valence-corrected chi connectivity index (χ4v) is 2.45. The Hall–Kier alpha value is -0.960. The maximum absolute atomic E-state index is 13.2. The van der Waals surface area contributed by atoms with Crippen molar-refractivity contribution in [2.45, 2.75) is 44.9 Å². The number of alkyl carbamates (subject to hydrolysis) is 1. The van der Waals surface area contributed by atoms with E-state index in [0.29, 0.717) is 9.99 Å². The van der Waals surface area contributed by atoms with Crippen LogP contribution >= 0.6 is 22.6 Å². The average Bonchev–Trinajstić information content (AvgIpc) is 2.33. The molecule has 2 N–H and O–H groups in total. The molecule has 1 rings (SSSR count). The number of aliphatic hydroxyl groups is 1. The second-order valence-corrected chi connectivity index (χ2v) is 6.84. The summed E-state index contributed by atoms with van der Waals surface area (Å²) in [4.78, 5) is 11.8. The molecule has 0 aliphatic rings. The number of hydrogen-bond donors (Lipinski definition) is 2. The summed E-state index contributed by atoms with van der Waals surface area (Å²) in [5.41, 5.74) is -0.322. The number of halogens is 3. The molecule has 1 aromatic carbocycles. The minimum absolute atomic E-state index is 0.0953. The Morgan fingerprint density at radius 3 is 2.32 bits per heavy atom. The number of carbonyl (C=O) groups is 1. The van der Waals surface area contributed by atoms with Gasteiger partial charge in [-0.15, -0.1) is 0 Å². The van der Waals surface area contributed by atoms with Crippen LogP contribution in [0, 0.1) is 11.6 Å². The van der Waals surface area contributed by atoms with Gasteiger partial charge in [0.25, 0.3) is 0 Å². The van der Waals surface area contributed by atoms with Crippen molar-refractivity contribution in [3.63, 3.8) is 0 Å². The average molecular weight is 427 g/mol. The lowest BCUT2D eigenvalue weighted by atomic mass is 10.0. The number of alkyl halides is 1. The third-order valence-electron chi connectivity index (χ3n) is 2.70. The molecule has 0 bridgehead atoms. The van der Waals surface area contributed by atoms with Crippen molar-refractivity contribution in [1.82, 2.24) is 5.32 Å². The van der Waals surface area contributed by atoms with Crippen molar-refractivity contribution in [3.05, 3.63) is 35.4 Å². The largest absolute Gasteiger partial charge is 0.444 e. The number of rotatable bonds is 5. The number of amides is 1. The van der Waals surface area contributed by atoms with Crippen LogP contribution < -0.4 is 5.32 Å². The lowest BCUT2D eigenvalue weighted by Gasteiger charge is -2.26. The van der Waals surface area contributed by atoms with E-state index in [1.807, 2.05) is 22.6 Å². The Kier molecular flexibility index (Phi) is 6.98. The van der Waals surface area contributed by atoms with Gasteiger partial charge in [0.2, 0.25) is 0 Å². The van der Waals surface area contributed by atoms with E-state index in [0.717, 1.165) is 6.07 Å². The molecule has 0 fully saturated rings. The van der Waals surface area contributed by atoms with E-state index in [1.165, 1.54) is 12.1 Å². The summed E-state index contributed by atoms with van der Waals surface area (Å²) in [7, 11) is 0. The van der Waals surface area contributed by atoms with Gasteiger partial charge in [0.15, 0.2) is 0 Å². The van der Waals surface area contributed by atoms with Crippen LogP contribution in [-0.2, 0) is 11.2 Å². The molecule has 0 aliphatic heterocycles. The summed E-state index contributed by atoms with van der Waals surface area (Å²) in [5.74, 6) is -1.40. The summed E-state index contributed by atoms with van der Waals surface area (Å²) in [5, 5.41) is 12.6. The molecule has 0 spiro atoms. The normalized spacial score (nSPS) is 14.3. The number of ether oxygens (including phenoxy) is 1. The standard InChI is InChI=1S/C15H20F2INO3/c1-15(2,3)22-14(21)19-12(13(20)8-18)6-9-4-10(16)7-11(17)5-9/h4-5,7,12-13,20H,6,8H2,1-3H3,(H,19,21)/t12-,13+/m0/s1. The first kappa shape index (κ1) is 19.1. The fourth-order valence-electron chi connectivity index (χ4n) is 1.83. The first-order valence-corrected chi connectivity index (χ1v) is 8.32. The van der Waals surface area contributed by atoms with E-state index in [-0.39, 0.29) is 6.42 Å². The number of nitrogens with one attached hydrogen (secondary N) is 1. The van der Waals surface area contributed by atoms with Gasteiger partial charge in [0.1, 0.15) is 17.2 Å². The van der Waals surface area contributed by atoms with E-state index in [2.05, 4.69) is 5.32 Å². The van der Waals surface area contributed by atoms with Gasteiger partial charge >= 0.3 is 6.09 Å². The van der Waals surface area contributed by atoms with Crippen LogP contribution in [0.3, 0.4) is 0 Å². The smallest absolute Gasteiger partial charge is 0.407 e. The predicted molar refractivity (Wildman–Crippen MR) is 88.1 cm³/mol. The highest BCUT2D eigenvalue weighted by atomic mass is 127. The monoisotopic (exact) mass is 427 g/mol. The molecule has 0 saturated carbocycles. The minimum atomic E-state index is -0.862. The van der Waals surface area contributed by atoms with Crippen molar-refractivity contribution in [3.8, 4) is 0 Å². The van der Waals surface area contributed by atoms with E-state index >= 15 is 0 Å². The lowest BCUT2D eigenvalue weighted by Crippen LogP contribution is -2.47. The van der Waals surface area contributed by atoms with Crippen LogP contribution in [0.4, 0.5) is 13.6 Å². The summed E-state index contributed by atoms with van der Waals surface area (Å²) in [6.07, 6.45) is -1.45. The molecule has 4 nitrogen and oxygen atoms in total. The molecule has 0 heterocycles. The maximum Gasteiger partial charge on any atom is 0.407 e. The van der Waals surface area contributed by atoms with Crippen molar-refractivity contribution < 1.29 is 23.4 Å². The van der Waals surface area contributed by atoms with Gasteiger partial charge in [-0.05, 0) is 44.9 Å². The Labute approximate surface area is 142 Å². The number of aliphatic hydroxyl groups excluding tert-OH is 1. The summed E-state index contributed by atoms with van der Waals surface area (Å²) < 4.78 is 32.0. The van der Waals surface area contributed by atoms with Crippen LogP contribution in [0.15, 0.2) is 18.2 Å². The van der Waals surface area contributed by atoms with Crippen molar-refractivity contribution >= 4 is 28.7 Å². The molecule has 0 radical (unpaired) electrons. The van der Waals surface area contributed by atoms with Crippen LogP contribution in [0.2, 0.25) is 0 Å². The topological polar surface area (TPSA) is 58.6 Å². The van der Waals surface area contributed by atoms with E-state index < -0.39 is 35.5 Å². The Bertz CT molecular complexity index is 500. The first-order chi connectivity index (χ1) is 10.1. The molecule has 0 aromatic heterocycles. The molecule has 1 aromatic rings. The summed E-state index contributed by atoms with van der Waals surface area (Å²) >= 11 is 1.97. The minimum Gasteiger partial charge on any atom is -0.444 e. The fraction of sp³-hybridized carbons (Fsp3) is 0.533. The van der Waals surface area contributed by atoms with Gasteiger partial charge in [0.05, 0.1) is 12.1 Å². The maximum atomic E-state index is 13.2. The Morgan fingerprint density at radius 2 is 1.86 bits per heavy atom. The van der Waals surface area contributed by atoms with Crippen LogP contribution in [-0.4, -0.2) is 33.4 Å². The number of carbonyl (C=O) groups excluding carboxylic acids is 1. The van der Waals surface area contributed by atoms with Gasteiger partial charge in [-0.3, -0.25) is 0 Å². The molecule has 124 valence electrons. The zero-order valence-electron chi connectivity index (χ0n) is 12.7. The number of hydrogen-bond acceptors (Lipinski definition) is 3. The molecule has 0 saturated heterocycles. The SMILES string of the molecule is CC(C)(C)OC(=O)N[C@@H](Cc1cc(F)cc(F)c1)[C@H](O)CI. The first-order valence-electron chi connectivity index (χ1n) is 6.79. The zero-order valence-corrected chi connectivity index (χ0v) is 14.9. The quantitative estimate of drug-likeness (QED) is 0.561. The lowest BCUT2D eigenvalue weighted by molar-refractivity contribution is 0.0443. The molecular weight excluding hydrogens is 407 g/mol. The molecule has 7 heteroatoms. The van der Waals surface area contributed by atoms with Gasteiger partial charge in [-0.2, -0.15) is 0 Å². The third kappa shape index (κ3) is 6.87. The molecule has 22 heavy (non-hydrogen) atoms. The molecule has 2 atom stereocenters. The Balaban J connectivity index is 2.82. The molecule has 0 unspecified atom stereocenters. The van der Waals surface area contributed by atoms with E-state index in [9.17, 15) is 18.7 Å². The zero-order chi connectivity index (χ0) is 16.9. The summed E-state index contributed by atoms with van der Waals surface area (Å²) in [6.45, 7) is 5.16. The van der Waals surface area contributed by atoms with Crippen LogP contribution in [0.1, 0.15) is 26.3 Å². The van der Waals surface area contributed by atoms with Crippen molar-refractivity contribution in [1.29, 1.82) is 0 Å². The second kappa shape index (κ2) is 8.05. The van der Waals surface area contributed by atoms with Crippen molar-refractivity contribution in [2.24, 2.45) is 0 Å². The molecular formula is C15H20F2INO3. The number of benzene rings is 1. The molecule has 1 amide bonds. The van der Waals surface area contributed by atoms with Crippen molar-refractivity contribution in [2.75, 3.05) is 4.43 Å². The van der Waals surface area contributed by atoms with Crippen LogP contribution in [0.25, 0.3) is 0 Å².